The zero-order valence-electron chi connectivity index (χ0n) is 21.3. The summed E-state index contributed by atoms with van der Waals surface area (Å²) in [7, 11) is 1.40. The number of anilines is 4. The molecule has 14 heteroatoms. The number of rotatable bonds is 9. The predicted octanol–water partition coefficient (Wildman–Crippen LogP) is 6.02. The van der Waals surface area contributed by atoms with Crippen molar-refractivity contribution >= 4 is 47.0 Å². The van der Waals surface area contributed by atoms with Crippen molar-refractivity contribution in [1.82, 2.24) is 15.0 Å². The van der Waals surface area contributed by atoms with Crippen molar-refractivity contribution in [3.8, 4) is 17.1 Å². The number of hydrogen-bond donors (Lipinski definition) is 2. The molecule has 5 rings (SSSR count). The maximum atomic E-state index is 13.3. The van der Waals surface area contributed by atoms with Crippen LogP contribution in [0.25, 0.3) is 11.3 Å². The summed E-state index contributed by atoms with van der Waals surface area (Å²) in [6.07, 6.45) is 4.67. The second-order valence-corrected chi connectivity index (χ2v) is 9.20. The van der Waals surface area contributed by atoms with E-state index < -0.39 is 4.92 Å². The Labute approximate surface area is 233 Å². The third-order valence-corrected chi connectivity index (χ3v) is 6.38. The molecule has 0 bridgehead atoms. The first-order chi connectivity index (χ1) is 19.4. The third kappa shape index (κ3) is 6.26. The lowest BCUT2D eigenvalue weighted by Crippen LogP contribution is -2.31. The van der Waals surface area contributed by atoms with Gasteiger partial charge in [0.05, 0.1) is 29.9 Å². The molecule has 0 spiro atoms. The van der Waals surface area contributed by atoms with Gasteiger partial charge >= 0.3 is 0 Å². The summed E-state index contributed by atoms with van der Waals surface area (Å²) in [5, 5.41) is 18.4. The highest BCUT2D eigenvalue weighted by Crippen LogP contribution is 2.38. The molecule has 3 heterocycles. The number of furan rings is 1. The highest BCUT2D eigenvalue weighted by Gasteiger charge is 2.20. The van der Waals surface area contributed by atoms with Crippen molar-refractivity contribution in [2.24, 2.45) is 5.10 Å². The minimum Gasteiger partial charge on any atom is -0.496 e. The number of benzene rings is 2. The van der Waals surface area contributed by atoms with Crippen molar-refractivity contribution in [3.63, 3.8) is 0 Å². The number of halogens is 2. The smallest absolute Gasteiger partial charge is 0.291 e. The maximum absolute atomic E-state index is 13.3. The Morgan fingerprint density at radius 1 is 1.10 bits per heavy atom. The highest BCUT2D eigenvalue weighted by molar-refractivity contribution is 6.33. The monoisotopic (exact) mass is 566 g/mol. The molecule has 0 saturated carbocycles. The van der Waals surface area contributed by atoms with E-state index in [0.29, 0.717) is 28.7 Å². The second kappa shape index (κ2) is 11.9. The van der Waals surface area contributed by atoms with Gasteiger partial charge in [0.25, 0.3) is 5.69 Å². The zero-order chi connectivity index (χ0) is 28.1. The largest absolute Gasteiger partial charge is 0.496 e. The molecule has 0 amide bonds. The Morgan fingerprint density at radius 3 is 2.58 bits per heavy atom. The van der Waals surface area contributed by atoms with Gasteiger partial charge < -0.3 is 19.4 Å². The predicted molar refractivity (Wildman–Crippen MR) is 149 cm³/mol. The van der Waals surface area contributed by atoms with E-state index in [9.17, 15) is 14.5 Å². The van der Waals surface area contributed by atoms with Crippen LogP contribution in [0.5, 0.6) is 5.75 Å². The Kier molecular flexibility index (Phi) is 8.01. The molecule has 206 valence electrons. The quantitative estimate of drug-likeness (QED) is 0.140. The number of ether oxygens (including phenoxy) is 1. The number of hydrogen-bond acceptors (Lipinski definition) is 11. The summed E-state index contributed by atoms with van der Waals surface area (Å²) < 4.78 is 24.5. The first-order valence-electron chi connectivity index (χ1n) is 12.3. The van der Waals surface area contributed by atoms with Crippen molar-refractivity contribution in [2.75, 3.05) is 35.8 Å². The molecule has 40 heavy (non-hydrogen) atoms. The molecule has 0 unspecified atom stereocenters. The molecule has 1 aliphatic heterocycles. The number of nitro benzene ring substituents is 1. The molecule has 2 N–H and O–H groups in total. The van der Waals surface area contributed by atoms with Crippen LogP contribution in [0, 0.1) is 15.9 Å². The van der Waals surface area contributed by atoms with Gasteiger partial charge in [0.1, 0.15) is 28.1 Å². The van der Waals surface area contributed by atoms with Crippen LogP contribution in [0.3, 0.4) is 0 Å². The van der Waals surface area contributed by atoms with Gasteiger partial charge in [-0.3, -0.25) is 10.1 Å². The molecule has 2 aromatic heterocycles. The van der Waals surface area contributed by atoms with E-state index in [0.717, 1.165) is 32.4 Å². The zero-order valence-corrected chi connectivity index (χ0v) is 22.1. The molecule has 2 aromatic carbocycles. The summed E-state index contributed by atoms with van der Waals surface area (Å²) in [5.41, 5.74) is 3.61. The van der Waals surface area contributed by atoms with Gasteiger partial charge in [-0.2, -0.15) is 20.1 Å². The summed E-state index contributed by atoms with van der Waals surface area (Å²) in [6.45, 7) is 1.65. The first kappa shape index (κ1) is 26.8. The normalized spacial score (nSPS) is 13.4. The number of nitro groups is 1. The van der Waals surface area contributed by atoms with Gasteiger partial charge in [-0.15, -0.1) is 0 Å². The van der Waals surface area contributed by atoms with Gasteiger partial charge in [-0.1, -0.05) is 11.6 Å². The lowest BCUT2D eigenvalue weighted by atomic mass is 10.1. The fraction of sp³-hybridized carbons (Fsp3) is 0.231. The van der Waals surface area contributed by atoms with Crippen LogP contribution in [0.1, 0.15) is 25.0 Å². The van der Waals surface area contributed by atoms with E-state index in [-0.39, 0.29) is 34.2 Å². The maximum Gasteiger partial charge on any atom is 0.291 e. The standard InChI is InChI=1S/C26H24ClFN8O4/c1-39-23-14-21(36(37)38)20(27)13-19(23)22-10-9-18(40-22)15-29-34-25-31-24(30-17-7-5-16(28)6-8-17)32-26(33-25)35-11-3-2-4-12-35/h5-10,13-15H,2-4,11-12H2,1H3,(H2,30,31,32,33,34)/b29-15+. The Bertz CT molecular complexity index is 1540. The molecule has 1 saturated heterocycles. The van der Waals surface area contributed by atoms with E-state index in [1.54, 1.807) is 24.3 Å². The lowest BCUT2D eigenvalue weighted by molar-refractivity contribution is -0.384. The van der Waals surface area contributed by atoms with Gasteiger partial charge in [0.15, 0.2) is 0 Å². The van der Waals surface area contributed by atoms with Crippen LogP contribution in [0.15, 0.2) is 58.0 Å². The summed E-state index contributed by atoms with van der Waals surface area (Å²) >= 11 is 6.08. The van der Waals surface area contributed by atoms with Crippen LogP contribution in [-0.4, -0.2) is 46.3 Å². The fourth-order valence-corrected chi connectivity index (χ4v) is 4.37. The second-order valence-electron chi connectivity index (χ2n) is 8.80. The van der Waals surface area contributed by atoms with E-state index in [4.69, 9.17) is 20.8 Å². The third-order valence-electron chi connectivity index (χ3n) is 6.08. The Hall–Kier alpha value is -4.78. The Balaban J connectivity index is 1.35. The number of methoxy groups -OCH3 is 1. The lowest BCUT2D eigenvalue weighted by Gasteiger charge is -2.26. The summed E-state index contributed by atoms with van der Waals surface area (Å²) in [6, 6.07) is 11.9. The molecule has 4 aromatic rings. The van der Waals surface area contributed by atoms with Gasteiger partial charge in [-0.25, -0.2) is 9.82 Å². The van der Waals surface area contributed by atoms with Crippen LogP contribution < -0.4 is 20.4 Å². The van der Waals surface area contributed by atoms with Gasteiger partial charge in [0, 0.05) is 18.8 Å². The van der Waals surface area contributed by atoms with E-state index >= 15 is 0 Å². The Morgan fingerprint density at radius 2 is 1.85 bits per heavy atom. The minimum atomic E-state index is -0.584. The van der Waals surface area contributed by atoms with Gasteiger partial charge in [-0.05, 0) is 61.7 Å². The molecular formula is C26H24ClFN8O4. The highest BCUT2D eigenvalue weighted by atomic mass is 35.5. The molecule has 1 fully saturated rings. The number of aromatic nitrogens is 3. The van der Waals surface area contributed by atoms with Crippen LogP contribution in [0.2, 0.25) is 5.02 Å². The molecule has 0 aliphatic carbocycles. The molecule has 0 atom stereocenters. The van der Waals surface area contributed by atoms with Gasteiger partial charge in [0.2, 0.25) is 17.8 Å². The van der Waals surface area contributed by atoms with Crippen LogP contribution in [-0.2, 0) is 0 Å². The van der Waals surface area contributed by atoms with E-state index in [1.807, 2.05) is 0 Å². The van der Waals surface area contributed by atoms with Crippen molar-refractivity contribution < 1.29 is 18.5 Å². The number of nitrogens with one attached hydrogen (secondary N) is 2. The van der Waals surface area contributed by atoms with E-state index in [1.165, 1.54) is 37.6 Å². The SMILES string of the molecule is COc1cc([N+](=O)[O-])c(Cl)cc1-c1ccc(/C=N/Nc2nc(Nc3ccc(F)cc3)nc(N3CCCCC3)n2)o1. The molecule has 12 nitrogen and oxygen atoms in total. The van der Waals surface area contributed by atoms with Crippen molar-refractivity contribution in [2.45, 2.75) is 19.3 Å². The average molecular weight is 567 g/mol. The van der Waals surface area contributed by atoms with Crippen molar-refractivity contribution in [1.29, 1.82) is 0 Å². The summed E-state index contributed by atoms with van der Waals surface area (Å²) in [4.78, 5) is 26.1. The van der Waals surface area contributed by atoms with E-state index in [2.05, 4.69) is 35.7 Å². The van der Waals surface area contributed by atoms with Crippen LogP contribution in [0.4, 0.5) is 33.6 Å². The first-order valence-corrected chi connectivity index (χ1v) is 12.7. The van der Waals surface area contributed by atoms with Crippen molar-refractivity contribution in [3.05, 3.63) is 75.2 Å². The molecule has 1 aliphatic rings. The average Bonchev–Trinajstić information content (AvgIpc) is 3.43. The number of hydrazone groups is 1. The summed E-state index contributed by atoms with van der Waals surface area (Å²) in [5.74, 6) is 1.64. The fourth-order valence-electron chi connectivity index (χ4n) is 4.13. The van der Waals surface area contributed by atoms with Crippen LogP contribution >= 0.6 is 11.6 Å². The number of piperidine rings is 1. The molecular weight excluding hydrogens is 543 g/mol. The topological polar surface area (TPSA) is 144 Å². The minimum absolute atomic E-state index is 0.0431. The number of nitrogens with zero attached hydrogens (tertiary/aromatic N) is 6. The molecule has 0 radical (unpaired) electrons.